The van der Waals surface area contributed by atoms with Gasteiger partial charge in [0.15, 0.2) is 11.5 Å². The normalized spacial score (nSPS) is 10.9. The van der Waals surface area contributed by atoms with Crippen molar-refractivity contribution in [3.05, 3.63) is 93.6 Å². The van der Waals surface area contributed by atoms with Gasteiger partial charge in [0.2, 0.25) is 0 Å². The lowest BCUT2D eigenvalue weighted by Crippen LogP contribution is -2.18. The number of nitrogens with zero attached hydrogens (tertiary/aromatic N) is 2. The summed E-state index contributed by atoms with van der Waals surface area (Å²) in [4.78, 5) is 12.4. The molecule has 0 unspecified atom stereocenters. The zero-order valence-corrected chi connectivity index (χ0v) is 20.7. The van der Waals surface area contributed by atoms with E-state index in [1.807, 2.05) is 43.3 Å². The summed E-state index contributed by atoms with van der Waals surface area (Å²) in [6.07, 6.45) is 1.36. The molecule has 3 N–H and O–H groups in total. The number of aromatic amines is 1. The number of aromatic hydroxyl groups is 1. The second-order valence-corrected chi connectivity index (χ2v) is 8.62. The van der Waals surface area contributed by atoms with Crippen LogP contribution in [0.3, 0.4) is 0 Å². The molecular formula is C26H23BrN4O4. The van der Waals surface area contributed by atoms with Crippen LogP contribution in [0.1, 0.15) is 27.2 Å². The van der Waals surface area contributed by atoms with E-state index >= 15 is 0 Å². The molecule has 0 spiro atoms. The van der Waals surface area contributed by atoms with Gasteiger partial charge in [-0.15, -0.1) is 0 Å². The summed E-state index contributed by atoms with van der Waals surface area (Å²) in [7, 11) is 1.57. The third-order valence-electron chi connectivity index (χ3n) is 5.16. The summed E-state index contributed by atoms with van der Waals surface area (Å²) in [6.45, 7) is 2.46. The number of rotatable bonds is 8. The number of amides is 1. The molecule has 4 aromatic rings. The molecule has 0 saturated carbocycles. The Hall–Kier alpha value is -4.11. The number of aryl methyl sites for hydroxylation is 1. The summed E-state index contributed by atoms with van der Waals surface area (Å²) in [6, 6.07) is 20.1. The molecule has 8 nitrogen and oxygen atoms in total. The predicted octanol–water partition coefficient (Wildman–Crippen LogP) is 5.20. The van der Waals surface area contributed by atoms with E-state index in [1.54, 1.807) is 31.4 Å². The maximum atomic E-state index is 12.4. The van der Waals surface area contributed by atoms with Gasteiger partial charge in [-0.2, -0.15) is 10.2 Å². The summed E-state index contributed by atoms with van der Waals surface area (Å²) in [5, 5.41) is 20.7. The number of phenols is 1. The Morgan fingerprint density at radius 1 is 1.11 bits per heavy atom. The lowest BCUT2D eigenvalue weighted by Gasteiger charge is -2.12. The Labute approximate surface area is 210 Å². The number of benzene rings is 3. The minimum absolute atomic E-state index is 0.0512. The topological polar surface area (TPSA) is 109 Å². The Balaban J connectivity index is 1.42. The van der Waals surface area contributed by atoms with Crippen LogP contribution in [0.5, 0.6) is 17.2 Å². The lowest BCUT2D eigenvalue weighted by molar-refractivity contribution is 0.0950. The first-order chi connectivity index (χ1) is 16.9. The fraction of sp³-hybridized carbons (Fsp3) is 0.115. The Bertz CT molecular complexity index is 1370. The highest BCUT2D eigenvalue weighted by Crippen LogP contribution is 2.32. The van der Waals surface area contributed by atoms with Crippen LogP contribution in [-0.2, 0) is 6.61 Å². The molecule has 0 aliphatic carbocycles. The van der Waals surface area contributed by atoms with E-state index in [2.05, 4.69) is 36.7 Å². The van der Waals surface area contributed by atoms with Gasteiger partial charge in [-0.05, 0) is 55.0 Å². The van der Waals surface area contributed by atoms with Crippen molar-refractivity contribution in [2.24, 2.45) is 5.10 Å². The smallest absolute Gasteiger partial charge is 0.289 e. The van der Waals surface area contributed by atoms with E-state index in [4.69, 9.17) is 9.47 Å². The average Bonchev–Trinajstić information content (AvgIpc) is 3.36. The van der Waals surface area contributed by atoms with Crippen molar-refractivity contribution in [3.63, 3.8) is 0 Å². The first-order valence-corrected chi connectivity index (χ1v) is 11.5. The molecule has 0 saturated heterocycles. The SMILES string of the molecule is COc1cc(-c2cc(C(=O)N/N=C\c3cc(Br)ccc3O)[nH]n2)ccc1OCc1ccc(C)cc1. The van der Waals surface area contributed by atoms with Crippen LogP contribution in [0.25, 0.3) is 11.3 Å². The lowest BCUT2D eigenvalue weighted by atomic mass is 10.1. The molecule has 4 rings (SSSR count). The molecule has 0 fully saturated rings. The van der Waals surface area contributed by atoms with Gasteiger partial charge in [-0.3, -0.25) is 9.89 Å². The number of carbonyl (C=O) groups is 1. The largest absolute Gasteiger partial charge is 0.507 e. The van der Waals surface area contributed by atoms with Crippen LogP contribution in [0.15, 0.2) is 76.3 Å². The highest BCUT2D eigenvalue weighted by atomic mass is 79.9. The number of H-pyrrole nitrogens is 1. The van der Waals surface area contributed by atoms with Crippen LogP contribution in [0.2, 0.25) is 0 Å². The number of methoxy groups -OCH3 is 1. The molecule has 178 valence electrons. The van der Waals surface area contributed by atoms with E-state index in [-0.39, 0.29) is 11.4 Å². The van der Waals surface area contributed by atoms with Gasteiger partial charge in [0.1, 0.15) is 18.1 Å². The molecule has 35 heavy (non-hydrogen) atoms. The monoisotopic (exact) mass is 534 g/mol. The van der Waals surface area contributed by atoms with E-state index in [1.165, 1.54) is 17.8 Å². The first-order valence-electron chi connectivity index (χ1n) is 10.7. The molecule has 1 heterocycles. The minimum Gasteiger partial charge on any atom is -0.507 e. The van der Waals surface area contributed by atoms with Crippen molar-refractivity contribution < 1.29 is 19.4 Å². The third-order valence-corrected chi connectivity index (χ3v) is 5.65. The number of nitrogens with one attached hydrogen (secondary N) is 2. The van der Waals surface area contributed by atoms with Crippen LogP contribution < -0.4 is 14.9 Å². The number of phenolic OH excluding ortho intramolecular Hbond substituents is 1. The molecule has 0 atom stereocenters. The molecule has 0 bridgehead atoms. The number of carbonyl (C=O) groups excluding carboxylic acids is 1. The molecule has 3 aromatic carbocycles. The van der Waals surface area contributed by atoms with Crippen molar-refractivity contribution in [2.75, 3.05) is 7.11 Å². The third kappa shape index (κ3) is 6.07. The highest BCUT2D eigenvalue weighted by molar-refractivity contribution is 9.10. The predicted molar refractivity (Wildman–Crippen MR) is 137 cm³/mol. The van der Waals surface area contributed by atoms with Crippen LogP contribution >= 0.6 is 15.9 Å². The van der Waals surface area contributed by atoms with E-state index in [0.717, 1.165) is 15.6 Å². The Morgan fingerprint density at radius 3 is 2.69 bits per heavy atom. The number of hydrazone groups is 1. The second-order valence-electron chi connectivity index (χ2n) is 7.71. The van der Waals surface area contributed by atoms with Gasteiger partial charge in [0.05, 0.1) is 19.0 Å². The number of halogens is 1. The maximum Gasteiger partial charge on any atom is 0.289 e. The van der Waals surface area contributed by atoms with Crippen LogP contribution in [0.4, 0.5) is 0 Å². The van der Waals surface area contributed by atoms with Crippen molar-refractivity contribution in [1.82, 2.24) is 15.6 Å². The Kier molecular flexibility index (Phi) is 7.47. The average molecular weight is 535 g/mol. The minimum atomic E-state index is -0.473. The van der Waals surface area contributed by atoms with E-state index < -0.39 is 5.91 Å². The van der Waals surface area contributed by atoms with Gasteiger partial charge in [0, 0.05) is 15.6 Å². The molecule has 0 aliphatic rings. The summed E-state index contributed by atoms with van der Waals surface area (Å²) >= 11 is 3.32. The van der Waals surface area contributed by atoms with Crippen LogP contribution in [0, 0.1) is 6.92 Å². The molecule has 0 aliphatic heterocycles. The molecular weight excluding hydrogens is 512 g/mol. The number of hydrogen-bond acceptors (Lipinski definition) is 6. The van der Waals surface area contributed by atoms with E-state index in [0.29, 0.717) is 29.4 Å². The standard InChI is InChI=1S/C26H23BrN4O4/c1-16-3-5-17(6-4-16)15-35-24-10-7-18(12-25(24)34-2)21-13-22(30-29-21)26(33)31-28-14-19-11-20(27)8-9-23(19)32/h3-14,32H,15H2,1-2H3,(H,29,30)(H,31,33)/b28-14-. The quantitative estimate of drug-likeness (QED) is 0.212. The first kappa shape index (κ1) is 24.0. The van der Waals surface area contributed by atoms with Crippen molar-refractivity contribution in [3.8, 4) is 28.5 Å². The zero-order chi connectivity index (χ0) is 24.8. The molecule has 1 aromatic heterocycles. The number of aromatic nitrogens is 2. The van der Waals surface area contributed by atoms with Crippen LogP contribution in [-0.4, -0.2) is 34.5 Å². The Morgan fingerprint density at radius 2 is 1.91 bits per heavy atom. The van der Waals surface area contributed by atoms with Crippen molar-refractivity contribution in [2.45, 2.75) is 13.5 Å². The van der Waals surface area contributed by atoms with Gasteiger partial charge in [-0.25, -0.2) is 5.43 Å². The number of hydrogen-bond donors (Lipinski definition) is 3. The van der Waals surface area contributed by atoms with Gasteiger partial charge < -0.3 is 14.6 Å². The highest BCUT2D eigenvalue weighted by Gasteiger charge is 2.13. The van der Waals surface area contributed by atoms with Crippen molar-refractivity contribution >= 4 is 28.1 Å². The number of ether oxygens (including phenoxy) is 2. The maximum absolute atomic E-state index is 12.4. The van der Waals surface area contributed by atoms with Gasteiger partial charge >= 0.3 is 0 Å². The summed E-state index contributed by atoms with van der Waals surface area (Å²) < 4.78 is 12.2. The van der Waals surface area contributed by atoms with Gasteiger partial charge in [0.25, 0.3) is 5.91 Å². The molecule has 0 radical (unpaired) electrons. The molecule has 1 amide bonds. The van der Waals surface area contributed by atoms with E-state index in [9.17, 15) is 9.90 Å². The zero-order valence-electron chi connectivity index (χ0n) is 19.1. The fourth-order valence-electron chi connectivity index (χ4n) is 3.23. The van der Waals surface area contributed by atoms with Gasteiger partial charge in [-0.1, -0.05) is 45.8 Å². The van der Waals surface area contributed by atoms with Crippen molar-refractivity contribution in [1.29, 1.82) is 0 Å². The second kappa shape index (κ2) is 10.9. The summed E-state index contributed by atoms with van der Waals surface area (Å²) in [5.74, 6) is 0.743. The summed E-state index contributed by atoms with van der Waals surface area (Å²) in [5.41, 5.74) is 6.67. The molecule has 9 heteroatoms. The fourth-order valence-corrected chi connectivity index (χ4v) is 3.61.